The smallest absolute Gasteiger partial charge is 0.128 e. The Morgan fingerprint density at radius 3 is 2.50 bits per heavy atom. The number of methoxy groups -OCH3 is 1. The van der Waals surface area contributed by atoms with Gasteiger partial charge in [-0.05, 0) is 24.5 Å². The summed E-state index contributed by atoms with van der Waals surface area (Å²) >= 11 is 3.44. The zero-order chi connectivity index (χ0) is 13.4. The summed E-state index contributed by atoms with van der Waals surface area (Å²) in [7, 11) is 1.74. The molecule has 4 heteroatoms. The van der Waals surface area contributed by atoms with Gasteiger partial charge in [-0.3, -0.25) is 0 Å². The topological polar surface area (TPSA) is 25.4 Å². The molecule has 3 nitrogen and oxygen atoms in total. The number of nitrogens with zero attached hydrogens (tertiary/aromatic N) is 2. The van der Waals surface area contributed by atoms with E-state index in [1.54, 1.807) is 7.11 Å². The molecule has 0 aromatic carbocycles. The first-order valence-electron chi connectivity index (χ1n) is 6.53. The number of pyridine rings is 1. The predicted molar refractivity (Wildman–Crippen MR) is 80.5 cm³/mol. The standard InChI is InChI=1S/C14H23BrN2O/c1-4-13(5-2)17(8-9-18-3)14-7-6-12(10-15)11-16-14/h6-7,11,13H,4-5,8-10H2,1-3H3. The number of hydrogen-bond acceptors (Lipinski definition) is 3. The molecule has 1 heterocycles. The van der Waals surface area contributed by atoms with Crippen LogP contribution in [0.5, 0.6) is 0 Å². The van der Waals surface area contributed by atoms with Crippen molar-refractivity contribution >= 4 is 21.7 Å². The maximum Gasteiger partial charge on any atom is 0.128 e. The van der Waals surface area contributed by atoms with Crippen LogP contribution in [0.15, 0.2) is 18.3 Å². The van der Waals surface area contributed by atoms with Crippen LogP contribution in [0.2, 0.25) is 0 Å². The predicted octanol–water partition coefficient (Wildman–Crippen LogP) is 3.62. The highest BCUT2D eigenvalue weighted by Gasteiger charge is 2.16. The Hall–Kier alpha value is -0.610. The fourth-order valence-electron chi connectivity index (χ4n) is 2.07. The van der Waals surface area contributed by atoms with Gasteiger partial charge in [0.15, 0.2) is 0 Å². The van der Waals surface area contributed by atoms with Crippen molar-refractivity contribution < 1.29 is 4.74 Å². The molecule has 1 aromatic rings. The van der Waals surface area contributed by atoms with Crippen LogP contribution in [-0.4, -0.2) is 31.3 Å². The normalized spacial score (nSPS) is 10.9. The van der Waals surface area contributed by atoms with Gasteiger partial charge in [0.25, 0.3) is 0 Å². The van der Waals surface area contributed by atoms with Crippen molar-refractivity contribution in [3.05, 3.63) is 23.9 Å². The van der Waals surface area contributed by atoms with Crippen LogP contribution in [0, 0.1) is 0 Å². The molecule has 0 saturated carbocycles. The van der Waals surface area contributed by atoms with Crippen molar-refractivity contribution in [1.29, 1.82) is 0 Å². The molecule has 1 aromatic heterocycles. The molecular weight excluding hydrogens is 292 g/mol. The maximum absolute atomic E-state index is 5.20. The monoisotopic (exact) mass is 314 g/mol. The molecule has 0 amide bonds. The van der Waals surface area contributed by atoms with E-state index in [0.29, 0.717) is 6.04 Å². The van der Waals surface area contributed by atoms with E-state index in [1.165, 1.54) is 5.56 Å². The van der Waals surface area contributed by atoms with E-state index < -0.39 is 0 Å². The Balaban J connectivity index is 2.85. The van der Waals surface area contributed by atoms with Crippen LogP contribution in [0.4, 0.5) is 5.82 Å². The number of aromatic nitrogens is 1. The largest absolute Gasteiger partial charge is 0.383 e. The highest BCUT2D eigenvalue weighted by atomic mass is 79.9. The lowest BCUT2D eigenvalue weighted by Gasteiger charge is -2.31. The Bertz CT molecular complexity index is 325. The number of alkyl halides is 1. The summed E-state index contributed by atoms with van der Waals surface area (Å²) in [4.78, 5) is 6.91. The van der Waals surface area contributed by atoms with Gasteiger partial charge in [-0.1, -0.05) is 35.8 Å². The Labute approximate surface area is 119 Å². The van der Waals surface area contributed by atoms with Crippen LogP contribution in [-0.2, 0) is 10.1 Å². The summed E-state index contributed by atoms with van der Waals surface area (Å²) in [6.07, 6.45) is 4.19. The van der Waals surface area contributed by atoms with Gasteiger partial charge in [-0.25, -0.2) is 4.98 Å². The minimum atomic E-state index is 0.530. The molecule has 0 saturated heterocycles. The second-order valence-electron chi connectivity index (χ2n) is 4.31. The summed E-state index contributed by atoms with van der Waals surface area (Å²) in [6.45, 7) is 6.07. The maximum atomic E-state index is 5.20. The zero-order valence-electron chi connectivity index (χ0n) is 11.5. The van der Waals surface area contributed by atoms with Gasteiger partial charge in [-0.2, -0.15) is 0 Å². The lowest BCUT2D eigenvalue weighted by molar-refractivity contribution is 0.202. The minimum Gasteiger partial charge on any atom is -0.383 e. The van der Waals surface area contributed by atoms with Crippen LogP contribution in [0.25, 0.3) is 0 Å². The molecule has 0 aliphatic heterocycles. The molecule has 0 aliphatic rings. The number of rotatable bonds is 8. The Kier molecular flexibility index (Phi) is 7.28. The average molecular weight is 315 g/mol. The molecule has 0 unspecified atom stereocenters. The van der Waals surface area contributed by atoms with Crippen LogP contribution < -0.4 is 4.90 Å². The average Bonchev–Trinajstić information content (AvgIpc) is 2.43. The van der Waals surface area contributed by atoms with E-state index in [2.05, 4.69) is 51.8 Å². The Morgan fingerprint density at radius 2 is 2.06 bits per heavy atom. The van der Waals surface area contributed by atoms with E-state index in [0.717, 1.165) is 37.1 Å². The molecule has 0 radical (unpaired) electrons. The number of ether oxygens (including phenoxy) is 1. The van der Waals surface area contributed by atoms with Gasteiger partial charge in [-0.15, -0.1) is 0 Å². The third-order valence-corrected chi connectivity index (χ3v) is 3.82. The number of hydrogen-bond donors (Lipinski definition) is 0. The van der Waals surface area contributed by atoms with Crippen LogP contribution in [0.3, 0.4) is 0 Å². The van der Waals surface area contributed by atoms with E-state index >= 15 is 0 Å². The molecule has 0 atom stereocenters. The van der Waals surface area contributed by atoms with Gasteiger partial charge >= 0.3 is 0 Å². The van der Waals surface area contributed by atoms with Gasteiger partial charge in [0.2, 0.25) is 0 Å². The van der Waals surface area contributed by atoms with Crippen molar-refractivity contribution in [2.45, 2.75) is 38.1 Å². The zero-order valence-corrected chi connectivity index (χ0v) is 13.1. The molecule has 18 heavy (non-hydrogen) atoms. The van der Waals surface area contributed by atoms with Crippen molar-refractivity contribution in [1.82, 2.24) is 4.98 Å². The second kappa shape index (κ2) is 8.48. The first-order valence-corrected chi connectivity index (χ1v) is 7.65. The van der Waals surface area contributed by atoms with E-state index in [4.69, 9.17) is 4.74 Å². The summed E-state index contributed by atoms with van der Waals surface area (Å²) in [6, 6.07) is 4.76. The summed E-state index contributed by atoms with van der Waals surface area (Å²) in [5.74, 6) is 1.05. The van der Waals surface area contributed by atoms with Crippen molar-refractivity contribution in [2.75, 3.05) is 25.2 Å². The number of halogens is 1. The highest BCUT2D eigenvalue weighted by molar-refractivity contribution is 9.08. The van der Waals surface area contributed by atoms with Crippen molar-refractivity contribution in [3.63, 3.8) is 0 Å². The first-order chi connectivity index (χ1) is 8.76. The molecule has 0 bridgehead atoms. The molecule has 0 aliphatic carbocycles. The third-order valence-electron chi connectivity index (χ3n) is 3.18. The van der Waals surface area contributed by atoms with E-state index in [1.807, 2.05) is 6.20 Å². The van der Waals surface area contributed by atoms with Crippen molar-refractivity contribution in [2.24, 2.45) is 0 Å². The van der Waals surface area contributed by atoms with Crippen LogP contribution in [0.1, 0.15) is 32.3 Å². The lowest BCUT2D eigenvalue weighted by atomic mass is 10.1. The minimum absolute atomic E-state index is 0.530. The summed E-state index contributed by atoms with van der Waals surface area (Å²) in [5, 5.41) is 0.851. The Morgan fingerprint density at radius 1 is 1.33 bits per heavy atom. The van der Waals surface area contributed by atoms with Gasteiger partial charge in [0.1, 0.15) is 5.82 Å². The lowest BCUT2D eigenvalue weighted by Crippen LogP contribution is -2.37. The molecule has 1 rings (SSSR count). The fraction of sp³-hybridized carbons (Fsp3) is 0.643. The van der Waals surface area contributed by atoms with E-state index in [-0.39, 0.29) is 0 Å². The molecule has 0 fully saturated rings. The second-order valence-corrected chi connectivity index (χ2v) is 4.88. The van der Waals surface area contributed by atoms with Gasteiger partial charge in [0.05, 0.1) is 6.61 Å². The molecule has 0 spiro atoms. The molecule has 102 valence electrons. The highest BCUT2D eigenvalue weighted by Crippen LogP contribution is 2.19. The molecule has 0 N–H and O–H groups in total. The van der Waals surface area contributed by atoms with Crippen molar-refractivity contribution in [3.8, 4) is 0 Å². The number of anilines is 1. The SMILES string of the molecule is CCC(CC)N(CCOC)c1ccc(CBr)cn1. The van der Waals surface area contributed by atoms with Gasteiger partial charge < -0.3 is 9.64 Å². The summed E-state index contributed by atoms with van der Waals surface area (Å²) in [5.41, 5.74) is 1.20. The van der Waals surface area contributed by atoms with E-state index in [9.17, 15) is 0 Å². The first kappa shape index (κ1) is 15.4. The molecular formula is C14H23BrN2O. The summed E-state index contributed by atoms with van der Waals surface area (Å²) < 4.78 is 5.20. The van der Waals surface area contributed by atoms with Gasteiger partial charge in [0, 0.05) is 31.2 Å². The fourth-order valence-corrected chi connectivity index (χ4v) is 2.40. The third kappa shape index (κ3) is 4.25. The quantitative estimate of drug-likeness (QED) is 0.685. The van der Waals surface area contributed by atoms with Crippen LogP contribution >= 0.6 is 15.9 Å².